The summed E-state index contributed by atoms with van der Waals surface area (Å²) in [6.07, 6.45) is 0.942. The molecule has 1 aromatic carbocycles. The molecule has 3 nitrogen and oxygen atoms in total. The molecule has 0 spiro atoms. The molecule has 0 amide bonds. The van der Waals surface area contributed by atoms with Crippen LogP contribution in [0.25, 0.3) is 10.9 Å². The van der Waals surface area contributed by atoms with E-state index < -0.39 is 5.92 Å². The largest absolute Gasteiger partial charge is 0.357 e. The van der Waals surface area contributed by atoms with Crippen LogP contribution in [0.3, 0.4) is 0 Å². The maximum atomic E-state index is 12.3. The molecule has 2 aromatic rings. The minimum atomic E-state index is -0.597. The van der Waals surface area contributed by atoms with Gasteiger partial charge in [-0.05, 0) is 22.9 Å². The van der Waals surface area contributed by atoms with Crippen LogP contribution in [0.1, 0.15) is 38.3 Å². The van der Waals surface area contributed by atoms with E-state index in [0.29, 0.717) is 12.8 Å². The predicted molar refractivity (Wildman–Crippen MR) is 74.1 cm³/mol. The molecule has 0 saturated heterocycles. The molecule has 0 aliphatic heterocycles. The number of para-hydroxylation sites is 1. The van der Waals surface area contributed by atoms with Crippen molar-refractivity contribution in [3.63, 3.8) is 0 Å². The highest BCUT2D eigenvalue weighted by Crippen LogP contribution is 2.38. The van der Waals surface area contributed by atoms with Crippen LogP contribution >= 0.6 is 0 Å². The van der Waals surface area contributed by atoms with Gasteiger partial charge in [0.25, 0.3) is 0 Å². The topological polar surface area (TPSA) is 49.9 Å². The van der Waals surface area contributed by atoms with Crippen LogP contribution in [-0.4, -0.2) is 16.6 Å². The van der Waals surface area contributed by atoms with E-state index in [-0.39, 0.29) is 17.0 Å². The van der Waals surface area contributed by atoms with Crippen LogP contribution in [-0.2, 0) is 9.59 Å². The number of benzene rings is 1. The number of nitrogens with one attached hydrogen (secondary N) is 1. The first-order chi connectivity index (χ1) is 8.96. The van der Waals surface area contributed by atoms with Crippen LogP contribution in [0, 0.1) is 5.41 Å². The summed E-state index contributed by atoms with van der Waals surface area (Å²) in [5.74, 6) is -0.527. The van der Waals surface area contributed by atoms with E-state index in [4.69, 9.17) is 0 Å². The number of aromatic nitrogens is 1. The second-order valence-electron chi connectivity index (χ2n) is 6.20. The number of Topliss-reactive ketones (excluding diaryl/α,β-unsaturated/α-hetero) is 2. The van der Waals surface area contributed by atoms with Gasteiger partial charge in [-0.25, -0.2) is 0 Å². The van der Waals surface area contributed by atoms with Gasteiger partial charge >= 0.3 is 0 Å². The molecule has 0 radical (unpaired) electrons. The first-order valence-electron chi connectivity index (χ1n) is 6.59. The number of carbonyl (C=O) groups excluding carboxylic acids is 2. The summed E-state index contributed by atoms with van der Waals surface area (Å²) >= 11 is 0. The van der Waals surface area contributed by atoms with E-state index in [1.54, 1.807) is 0 Å². The molecule has 1 aliphatic rings. The molecule has 0 unspecified atom stereocenters. The summed E-state index contributed by atoms with van der Waals surface area (Å²) in [5, 5.41) is 1.04. The molecular weight excluding hydrogens is 238 g/mol. The number of rotatable bonds is 1. The lowest BCUT2D eigenvalue weighted by Crippen LogP contribution is -2.36. The lowest BCUT2D eigenvalue weighted by atomic mass is 9.71. The Bertz CT molecular complexity index is 613. The average Bonchev–Trinajstić information content (AvgIpc) is 2.68. The first kappa shape index (κ1) is 12.2. The molecule has 3 heteroatoms. The minimum absolute atomic E-state index is 0.0350. The zero-order valence-electron chi connectivity index (χ0n) is 11.2. The fourth-order valence-corrected chi connectivity index (χ4v) is 2.99. The molecule has 1 heterocycles. The molecule has 19 heavy (non-hydrogen) atoms. The molecule has 1 aliphatic carbocycles. The highest BCUT2D eigenvalue weighted by Gasteiger charge is 2.40. The molecule has 0 bridgehead atoms. The molecule has 1 fully saturated rings. The third-order valence-corrected chi connectivity index (χ3v) is 3.81. The van der Waals surface area contributed by atoms with Crippen molar-refractivity contribution in [3.05, 3.63) is 36.0 Å². The normalized spacial score (nSPS) is 20.1. The van der Waals surface area contributed by atoms with Crippen LogP contribution in [0.5, 0.6) is 0 Å². The van der Waals surface area contributed by atoms with E-state index in [0.717, 1.165) is 16.6 Å². The van der Waals surface area contributed by atoms with Crippen molar-refractivity contribution in [2.45, 2.75) is 32.6 Å². The number of carbonyl (C=O) groups is 2. The number of H-pyrrole nitrogens is 1. The van der Waals surface area contributed by atoms with Crippen molar-refractivity contribution >= 4 is 22.5 Å². The van der Waals surface area contributed by atoms with Crippen LogP contribution in [0.4, 0.5) is 0 Å². The Balaban J connectivity index is 2.01. The summed E-state index contributed by atoms with van der Waals surface area (Å²) in [6, 6.07) is 9.76. The Hall–Kier alpha value is -1.90. The third-order valence-electron chi connectivity index (χ3n) is 3.81. The summed E-state index contributed by atoms with van der Waals surface area (Å²) in [4.78, 5) is 27.7. The average molecular weight is 255 g/mol. The van der Waals surface area contributed by atoms with Gasteiger partial charge in [-0.15, -0.1) is 0 Å². The molecule has 1 N–H and O–H groups in total. The molecule has 1 aromatic heterocycles. The van der Waals surface area contributed by atoms with Gasteiger partial charge in [-0.3, -0.25) is 9.59 Å². The van der Waals surface area contributed by atoms with Gasteiger partial charge in [0.1, 0.15) is 17.5 Å². The van der Waals surface area contributed by atoms with Crippen molar-refractivity contribution in [1.29, 1.82) is 0 Å². The highest BCUT2D eigenvalue weighted by atomic mass is 16.2. The zero-order chi connectivity index (χ0) is 13.6. The lowest BCUT2D eigenvalue weighted by Gasteiger charge is -2.31. The van der Waals surface area contributed by atoms with Gasteiger partial charge < -0.3 is 4.98 Å². The van der Waals surface area contributed by atoms with Gasteiger partial charge in [-0.2, -0.15) is 0 Å². The molecule has 0 atom stereocenters. The van der Waals surface area contributed by atoms with Gasteiger partial charge in [0.15, 0.2) is 0 Å². The van der Waals surface area contributed by atoms with Crippen LogP contribution in [0.15, 0.2) is 30.3 Å². The molecule has 1 saturated carbocycles. The Morgan fingerprint density at radius 1 is 1.11 bits per heavy atom. The van der Waals surface area contributed by atoms with Crippen molar-refractivity contribution in [1.82, 2.24) is 4.98 Å². The number of fused-ring (bicyclic) bond motifs is 1. The predicted octanol–water partition coefficient (Wildman–Crippen LogP) is 3.21. The number of hydrogen-bond acceptors (Lipinski definition) is 2. The second kappa shape index (κ2) is 4.05. The van der Waals surface area contributed by atoms with Crippen LogP contribution < -0.4 is 0 Å². The minimum Gasteiger partial charge on any atom is -0.357 e. The first-order valence-corrected chi connectivity index (χ1v) is 6.59. The maximum Gasteiger partial charge on any atom is 0.149 e. The SMILES string of the molecule is CC1(C)CC(=O)C(c2cc3ccccc3[nH]2)C(=O)C1. The van der Waals surface area contributed by atoms with Gasteiger partial charge in [-0.1, -0.05) is 32.0 Å². The Morgan fingerprint density at radius 3 is 2.37 bits per heavy atom. The van der Waals surface area contributed by atoms with E-state index in [1.165, 1.54) is 0 Å². The monoisotopic (exact) mass is 255 g/mol. The zero-order valence-corrected chi connectivity index (χ0v) is 11.2. The number of ketones is 2. The molecular formula is C16H17NO2. The maximum absolute atomic E-state index is 12.3. The van der Waals surface area contributed by atoms with Crippen molar-refractivity contribution in [2.75, 3.05) is 0 Å². The Kier molecular flexibility index (Phi) is 2.59. The number of hydrogen-bond donors (Lipinski definition) is 1. The summed E-state index contributed by atoms with van der Waals surface area (Å²) in [7, 11) is 0. The quantitative estimate of drug-likeness (QED) is 0.795. The molecule has 3 rings (SSSR count). The van der Waals surface area contributed by atoms with Crippen LogP contribution in [0.2, 0.25) is 0 Å². The smallest absolute Gasteiger partial charge is 0.149 e. The van der Waals surface area contributed by atoms with E-state index in [9.17, 15) is 9.59 Å². The van der Waals surface area contributed by atoms with E-state index in [1.807, 2.05) is 44.2 Å². The fraction of sp³-hybridized carbons (Fsp3) is 0.375. The molecule has 98 valence electrons. The summed E-state index contributed by atoms with van der Waals surface area (Å²) in [6.45, 7) is 3.95. The summed E-state index contributed by atoms with van der Waals surface area (Å²) in [5.41, 5.74) is 1.52. The van der Waals surface area contributed by atoms with Gasteiger partial charge in [0.2, 0.25) is 0 Å². The second-order valence-corrected chi connectivity index (χ2v) is 6.20. The van der Waals surface area contributed by atoms with Crippen molar-refractivity contribution in [2.24, 2.45) is 5.41 Å². The van der Waals surface area contributed by atoms with Crippen molar-refractivity contribution < 1.29 is 9.59 Å². The standard InChI is InChI=1S/C16H17NO2/c1-16(2)8-13(18)15(14(19)9-16)12-7-10-5-3-4-6-11(10)17-12/h3-7,15,17H,8-9H2,1-2H3. The fourth-order valence-electron chi connectivity index (χ4n) is 2.99. The third kappa shape index (κ3) is 2.09. The number of aromatic amines is 1. The van der Waals surface area contributed by atoms with E-state index >= 15 is 0 Å². The Morgan fingerprint density at radius 2 is 1.74 bits per heavy atom. The Labute approximate surface area is 112 Å². The highest BCUT2D eigenvalue weighted by molar-refractivity contribution is 6.10. The lowest BCUT2D eigenvalue weighted by molar-refractivity contribution is -0.135. The van der Waals surface area contributed by atoms with Gasteiger partial charge in [0, 0.05) is 24.1 Å². The summed E-state index contributed by atoms with van der Waals surface area (Å²) < 4.78 is 0. The van der Waals surface area contributed by atoms with Crippen molar-refractivity contribution in [3.8, 4) is 0 Å². The van der Waals surface area contributed by atoms with Gasteiger partial charge in [0.05, 0.1) is 0 Å². The van der Waals surface area contributed by atoms with E-state index in [2.05, 4.69) is 4.98 Å².